The molecule has 0 saturated carbocycles. The van der Waals surface area contributed by atoms with Gasteiger partial charge in [-0.05, 0) is 31.0 Å². The van der Waals surface area contributed by atoms with Gasteiger partial charge in [-0.3, -0.25) is 4.79 Å². The van der Waals surface area contributed by atoms with Crippen LogP contribution < -0.4 is 15.8 Å². The molecule has 1 atom stereocenters. The van der Waals surface area contributed by atoms with E-state index in [0.29, 0.717) is 18.7 Å². The van der Waals surface area contributed by atoms with Gasteiger partial charge in [0.1, 0.15) is 5.54 Å². The lowest BCUT2D eigenvalue weighted by Gasteiger charge is -2.31. The van der Waals surface area contributed by atoms with Crippen LogP contribution >= 0.6 is 0 Å². The second kappa shape index (κ2) is 6.94. The van der Waals surface area contributed by atoms with Crippen LogP contribution in [0.25, 0.3) is 0 Å². The second-order valence-corrected chi connectivity index (χ2v) is 5.68. The molecular weight excluding hydrogens is 313 g/mol. The lowest BCUT2D eigenvalue weighted by atomic mass is 9.92. The third-order valence-corrected chi connectivity index (χ3v) is 3.77. The molecule has 1 aliphatic heterocycles. The summed E-state index contributed by atoms with van der Waals surface area (Å²) in [7, 11) is 0. The first-order valence-corrected chi connectivity index (χ1v) is 7.63. The van der Waals surface area contributed by atoms with E-state index in [1.807, 2.05) is 0 Å². The Morgan fingerprint density at radius 2 is 2.17 bits per heavy atom. The van der Waals surface area contributed by atoms with Gasteiger partial charge in [-0.2, -0.15) is 0 Å². The molecule has 2 heterocycles. The quantitative estimate of drug-likeness (QED) is 0.899. The van der Waals surface area contributed by atoms with Crippen molar-refractivity contribution in [3.05, 3.63) is 48.4 Å². The van der Waals surface area contributed by atoms with Crippen molar-refractivity contribution in [3.8, 4) is 11.6 Å². The monoisotopic (exact) mass is 331 g/mol. The van der Waals surface area contributed by atoms with Gasteiger partial charge < -0.3 is 20.5 Å². The van der Waals surface area contributed by atoms with Crippen LogP contribution in [0.15, 0.2) is 42.6 Å². The topological polar surface area (TPSA) is 86.5 Å². The summed E-state index contributed by atoms with van der Waals surface area (Å²) in [5.41, 5.74) is 5.53. The number of aromatic nitrogens is 1. The molecule has 24 heavy (non-hydrogen) atoms. The molecule has 1 aliphatic rings. The van der Waals surface area contributed by atoms with E-state index in [4.69, 9.17) is 15.2 Å². The number of halogens is 1. The molecule has 1 amide bonds. The lowest BCUT2D eigenvalue weighted by Crippen LogP contribution is -2.56. The maximum Gasteiger partial charge on any atom is 0.246 e. The molecule has 1 unspecified atom stereocenters. The number of carbonyl (C=O) groups excluding carboxylic acids is 1. The number of nitrogens with two attached hydrogens (primary N) is 1. The van der Waals surface area contributed by atoms with Crippen LogP contribution in [0.5, 0.6) is 11.6 Å². The van der Waals surface area contributed by atoms with Gasteiger partial charge in [-0.1, -0.05) is 12.1 Å². The van der Waals surface area contributed by atoms with Crippen LogP contribution in [0, 0.1) is 5.82 Å². The summed E-state index contributed by atoms with van der Waals surface area (Å²) in [5, 5.41) is 2.72. The zero-order chi connectivity index (χ0) is 17.0. The first-order chi connectivity index (χ1) is 11.6. The highest BCUT2D eigenvalue weighted by Crippen LogP contribution is 2.24. The maximum absolute atomic E-state index is 13.5. The Balaban J connectivity index is 1.64. The van der Waals surface area contributed by atoms with Crippen molar-refractivity contribution >= 4 is 11.6 Å². The minimum atomic E-state index is -1.03. The predicted octanol–water partition coefficient (Wildman–Crippen LogP) is 2.46. The van der Waals surface area contributed by atoms with Crippen LogP contribution in [0.1, 0.15) is 12.8 Å². The number of amides is 1. The van der Waals surface area contributed by atoms with E-state index in [-0.39, 0.29) is 24.1 Å². The molecule has 1 aromatic heterocycles. The van der Waals surface area contributed by atoms with E-state index >= 15 is 0 Å². The molecule has 0 aliphatic carbocycles. The second-order valence-electron chi connectivity index (χ2n) is 5.68. The van der Waals surface area contributed by atoms with Crippen molar-refractivity contribution in [3.63, 3.8) is 0 Å². The summed E-state index contributed by atoms with van der Waals surface area (Å²) in [6, 6.07) is 9.22. The number of para-hydroxylation sites is 1. The van der Waals surface area contributed by atoms with Crippen LogP contribution in [0.3, 0.4) is 0 Å². The van der Waals surface area contributed by atoms with Crippen molar-refractivity contribution < 1.29 is 18.7 Å². The van der Waals surface area contributed by atoms with Gasteiger partial charge in [-0.25, -0.2) is 9.37 Å². The molecule has 7 heteroatoms. The molecule has 3 N–H and O–H groups in total. The molecule has 1 saturated heterocycles. The van der Waals surface area contributed by atoms with E-state index in [1.165, 1.54) is 18.3 Å². The third-order valence-electron chi connectivity index (χ3n) is 3.77. The summed E-state index contributed by atoms with van der Waals surface area (Å²) in [6.45, 7) is 0.816. The average molecular weight is 331 g/mol. The highest BCUT2D eigenvalue weighted by atomic mass is 19.1. The highest BCUT2D eigenvalue weighted by molar-refractivity contribution is 5.98. The maximum atomic E-state index is 13.5. The number of rotatable bonds is 4. The van der Waals surface area contributed by atoms with Gasteiger partial charge in [0.25, 0.3) is 0 Å². The van der Waals surface area contributed by atoms with Crippen LogP contribution in [-0.2, 0) is 9.53 Å². The Morgan fingerprint density at radius 3 is 2.83 bits per heavy atom. The summed E-state index contributed by atoms with van der Waals surface area (Å²) >= 11 is 0. The number of benzene rings is 1. The fourth-order valence-corrected chi connectivity index (χ4v) is 2.41. The van der Waals surface area contributed by atoms with Crippen molar-refractivity contribution in [2.75, 3.05) is 18.5 Å². The number of hydrogen-bond acceptors (Lipinski definition) is 5. The fourth-order valence-electron chi connectivity index (χ4n) is 2.41. The van der Waals surface area contributed by atoms with Gasteiger partial charge in [0.05, 0.1) is 18.5 Å². The average Bonchev–Trinajstić information content (AvgIpc) is 2.59. The van der Waals surface area contributed by atoms with E-state index in [0.717, 1.165) is 6.42 Å². The SMILES string of the molecule is NC1(C(=O)Nc2ccc(Oc3ccccc3F)nc2)CCCOC1. The van der Waals surface area contributed by atoms with E-state index in [2.05, 4.69) is 10.3 Å². The molecule has 1 aromatic carbocycles. The Kier molecular flexibility index (Phi) is 4.73. The van der Waals surface area contributed by atoms with Gasteiger partial charge in [-0.15, -0.1) is 0 Å². The van der Waals surface area contributed by atoms with E-state index < -0.39 is 11.4 Å². The predicted molar refractivity (Wildman–Crippen MR) is 86.3 cm³/mol. The zero-order valence-electron chi connectivity index (χ0n) is 13.0. The molecule has 6 nitrogen and oxygen atoms in total. The third kappa shape index (κ3) is 3.69. The summed E-state index contributed by atoms with van der Waals surface area (Å²) in [6.07, 6.45) is 2.75. The fraction of sp³-hybridized carbons (Fsp3) is 0.294. The van der Waals surface area contributed by atoms with Crippen molar-refractivity contribution in [2.45, 2.75) is 18.4 Å². The van der Waals surface area contributed by atoms with Gasteiger partial charge in [0, 0.05) is 12.7 Å². The van der Waals surface area contributed by atoms with Crippen LogP contribution in [0.4, 0.5) is 10.1 Å². The number of hydrogen-bond donors (Lipinski definition) is 2. The van der Waals surface area contributed by atoms with E-state index in [1.54, 1.807) is 24.3 Å². The molecule has 126 valence electrons. The van der Waals surface area contributed by atoms with Crippen molar-refractivity contribution in [2.24, 2.45) is 5.73 Å². The number of anilines is 1. The minimum absolute atomic E-state index is 0.0852. The van der Waals surface area contributed by atoms with Gasteiger partial charge in [0.15, 0.2) is 11.6 Å². The van der Waals surface area contributed by atoms with Crippen LogP contribution in [-0.4, -0.2) is 29.6 Å². The van der Waals surface area contributed by atoms with Gasteiger partial charge in [0.2, 0.25) is 11.8 Å². The molecular formula is C17H18FN3O3. The summed E-state index contributed by atoms with van der Waals surface area (Å²) in [4.78, 5) is 16.3. The highest BCUT2D eigenvalue weighted by Gasteiger charge is 2.36. The normalized spacial score (nSPS) is 20.4. The number of pyridine rings is 1. The number of ether oxygens (including phenoxy) is 2. The Morgan fingerprint density at radius 1 is 1.33 bits per heavy atom. The number of nitrogens with one attached hydrogen (secondary N) is 1. The molecule has 2 aromatic rings. The summed E-state index contributed by atoms with van der Waals surface area (Å²) in [5.74, 6) is -0.477. The van der Waals surface area contributed by atoms with Crippen molar-refractivity contribution in [1.82, 2.24) is 4.98 Å². The Labute approximate surface area is 138 Å². The van der Waals surface area contributed by atoms with Crippen LogP contribution in [0.2, 0.25) is 0 Å². The molecule has 0 bridgehead atoms. The first-order valence-electron chi connectivity index (χ1n) is 7.63. The Hall–Kier alpha value is -2.51. The minimum Gasteiger partial charge on any atom is -0.436 e. The molecule has 0 spiro atoms. The summed E-state index contributed by atoms with van der Waals surface area (Å²) < 4.78 is 24.2. The number of nitrogens with zero attached hydrogens (tertiary/aromatic N) is 1. The molecule has 3 rings (SSSR count). The Bertz CT molecular complexity index is 715. The largest absolute Gasteiger partial charge is 0.436 e. The first kappa shape index (κ1) is 16.4. The van der Waals surface area contributed by atoms with E-state index in [9.17, 15) is 9.18 Å². The standard InChI is InChI=1S/C17H18FN3O3/c18-13-4-1-2-5-14(13)24-15-7-6-12(10-20-15)21-16(22)17(19)8-3-9-23-11-17/h1-2,4-7,10H,3,8-9,11,19H2,(H,21,22). The smallest absolute Gasteiger partial charge is 0.246 e. The molecule has 1 fully saturated rings. The molecule has 0 radical (unpaired) electrons. The van der Waals surface area contributed by atoms with Gasteiger partial charge >= 0.3 is 0 Å². The number of carbonyl (C=O) groups is 1. The van der Waals surface area contributed by atoms with Crippen molar-refractivity contribution in [1.29, 1.82) is 0 Å². The zero-order valence-corrected chi connectivity index (χ0v) is 13.0. The lowest BCUT2D eigenvalue weighted by molar-refractivity contribution is -0.125.